The van der Waals surface area contributed by atoms with Crippen LogP contribution in [0.2, 0.25) is 0 Å². The summed E-state index contributed by atoms with van der Waals surface area (Å²) < 4.78 is 0. The fraction of sp³-hybridized carbons (Fsp3) is 0.429. The number of carbonyl (C=O) groups is 2. The highest BCUT2D eigenvalue weighted by molar-refractivity contribution is 5.77. The highest BCUT2D eigenvalue weighted by Crippen LogP contribution is 2.22. The second kappa shape index (κ2) is 5.84. The fourth-order valence-electron chi connectivity index (χ4n) is 2.50. The minimum atomic E-state index is -0.839. The van der Waals surface area contributed by atoms with E-state index in [9.17, 15) is 14.7 Å². The normalized spacial score (nSPS) is 21.2. The summed E-state index contributed by atoms with van der Waals surface area (Å²) in [7, 11) is 0. The molecule has 2 rings (SSSR count). The van der Waals surface area contributed by atoms with Crippen LogP contribution in [0.3, 0.4) is 0 Å². The molecule has 0 aliphatic carbocycles. The van der Waals surface area contributed by atoms with Crippen molar-refractivity contribution < 1.29 is 14.7 Å². The van der Waals surface area contributed by atoms with Crippen LogP contribution in [0.25, 0.3) is 0 Å². The summed E-state index contributed by atoms with van der Waals surface area (Å²) in [6.45, 7) is 1.71. The molecule has 19 heavy (non-hydrogen) atoms. The van der Waals surface area contributed by atoms with E-state index in [-0.39, 0.29) is 11.8 Å². The van der Waals surface area contributed by atoms with Gasteiger partial charge in [-0.3, -0.25) is 9.59 Å². The van der Waals surface area contributed by atoms with Crippen LogP contribution in [0.1, 0.15) is 17.9 Å². The number of hydrogen-bond acceptors (Lipinski definition) is 3. The van der Waals surface area contributed by atoms with Crippen LogP contribution in [-0.2, 0) is 9.59 Å². The first-order chi connectivity index (χ1) is 9.08. The van der Waals surface area contributed by atoms with E-state index < -0.39 is 11.9 Å². The molecule has 1 amide bonds. The van der Waals surface area contributed by atoms with Crippen molar-refractivity contribution in [1.29, 1.82) is 0 Å². The van der Waals surface area contributed by atoms with Crippen LogP contribution in [0.15, 0.2) is 30.3 Å². The third kappa shape index (κ3) is 3.32. The zero-order chi connectivity index (χ0) is 13.8. The van der Waals surface area contributed by atoms with Crippen LogP contribution in [0, 0.1) is 5.92 Å². The van der Waals surface area contributed by atoms with Gasteiger partial charge in [0.25, 0.3) is 0 Å². The lowest BCUT2D eigenvalue weighted by molar-refractivity contribution is -0.139. The van der Waals surface area contributed by atoms with E-state index in [0.717, 1.165) is 18.5 Å². The summed E-state index contributed by atoms with van der Waals surface area (Å²) in [5.41, 5.74) is 6.07. The number of likely N-dealkylation sites (tertiary alicyclic amines) is 1. The zero-order valence-corrected chi connectivity index (χ0v) is 10.7. The molecule has 1 aliphatic heterocycles. The Morgan fingerprint density at radius 2 is 2.05 bits per heavy atom. The number of nitrogens with two attached hydrogens (primary N) is 1. The van der Waals surface area contributed by atoms with E-state index in [1.165, 1.54) is 0 Å². The third-order valence-electron chi connectivity index (χ3n) is 3.62. The molecule has 2 atom stereocenters. The summed E-state index contributed by atoms with van der Waals surface area (Å²) in [5, 5.41) is 9.34. The van der Waals surface area contributed by atoms with Crippen LogP contribution in [0.5, 0.6) is 0 Å². The smallest absolute Gasteiger partial charge is 0.312 e. The number of nitrogens with zero attached hydrogens (tertiary/aromatic N) is 1. The Balaban J connectivity index is 2.03. The molecule has 0 radical (unpaired) electrons. The van der Waals surface area contributed by atoms with Crippen molar-refractivity contribution in [3.63, 3.8) is 0 Å². The van der Waals surface area contributed by atoms with Gasteiger partial charge in [0.15, 0.2) is 0 Å². The first kappa shape index (κ1) is 13.5. The van der Waals surface area contributed by atoms with Gasteiger partial charge in [-0.1, -0.05) is 30.3 Å². The maximum atomic E-state index is 11.4. The third-order valence-corrected chi connectivity index (χ3v) is 3.62. The molecule has 0 spiro atoms. The average Bonchev–Trinajstić information content (AvgIpc) is 2.85. The number of carboxylic acid groups (broad SMARTS) is 1. The molecule has 0 aromatic heterocycles. The van der Waals surface area contributed by atoms with Crippen molar-refractivity contribution in [2.75, 3.05) is 19.6 Å². The van der Waals surface area contributed by atoms with Crippen LogP contribution in [-0.4, -0.2) is 41.5 Å². The lowest BCUT2D eigenvalue weighted by Crippen LogP contribution is -2.32. The Morgan fingerprint density at radius 1 is 1.37 bits per heavy atom. The lowest BCUT2D eigenvalue weighted by Gasteiger charge is -2.21. The predicted octanol–water partition coefficient (Wildman–Crippen LogP) is 0.662. The minimum absolute atomic E-state index is 0.148. The monoisotopic (exact) mass is 262 g/mol. The Bertz CT molecular complexity index is 461. The molecule has 102 valence electrons. The van der Waals surface area contributed by atoms with E-state index in [4.69, 9.17) is 5.73 Å². The van der Waals surface area contributed by atoms with Crippen LogP contribution in [0.4, 0.5) is 0 Å². The van der Waals surface area contributed by atoms with Crippen LogP contribution < -0.4 is 5.73 Å². The number of primary amides is 1. The van der Waals surface area contributed by atoms with Crippen molar-refractivity contribution in [3.05, 3.63) is 35.9 Å². The molecule has 1 aromatic rings. The quantitative estimate of drug-likeness (QED) is 0.816. The Morgan fingerprint density at radius 3 is 2.58 bits per heavy atom. The minimum Gasteiger partial charge on any atom is -0.481 e. The van der Waals surface area contributed by atoms with Gasteiger partial charge in [-0.15, -0.1) is 0 Å². The predicted molar refractivity (Wildman–Crippen MR) is 70.6 cm³/mol. The number of benzene rings is 1. The molecular formula is C14H18N2O3. The van der Waals surface area contributed by atoms with Crippen LogP contribution >= 0.6 is 0 Å². The van der Waals surface area contributed by atoms with Gasteiger partial charge in [0, 0.05) is 13.1 Å². The first-order valence-corrected chi connectivity index (χ1v) is 6.37. The van der Waals surface area contributed by atoms with Gasteiger partial charge < -0.3 is 15.7 Å². The summed E-state index contributed by atoms with van der Waals surface area (Å²) >= 11 is 0. The maximum absolute atomic E-state index is 11.4. The van der Waals surface area contributed by atoms with Crippen molar-refractivity contribution in [2.45, 2.75) is 12.3 Å². The SMILES string of the molecule is NC(=O)C1CCN(CC(C(=O)O)c2ccccc2)C1. The van der Waals surface area contributed by atoms with Gasteiger partial charge in [0.05, 0.1) is 11.8 Å². The number of carboxylic acids is 1. The summed E-state index contributed by atoms with van der Waals surface area (Å²) in [6.07, 6.45) is 0.719. The number of aliphatic carboxylic acids is 1. The second-order valence-corrected chi connectivity index (χ2v) is 4.95. The van der Waals surface area contributed by atoms with Gasteiger partial charge in [-0.25, -0.2) is 0 Å². The topological polar surface area (TPSA) is 83.6 Å². The van der Waals surface area contributed by atoms with Gasteiger partial charge in [0.1, 0.15) is 0 Å². The van der Waals surface area contributed by atoms with E-state index in [2.05, 4.69) is 0 Å². The molecule has 2 unspecified atom stereocenters. The molecule has 0 bridgehead atoms. The van der Waals surface area contributed by atoms with Gasteiger partial charge in [-0.2, -0.15) is 0 Å². The van der Waals surface area contributed by atoms with Crippen molar-refractivity contribution in [3.8, 4) is 0 Å². The standard InChI is InChI=1S/C14H18N2O3/c15-13(17)11-6-7-16(8-11)9-12(14(18)19)10-4-2-1-3-5-10/h1-5,11-12H,6-9H2,(H2,15,17)(H,18,19). The first-order valence-electron chi connectivity index (χ1n) is 6.37. The van der Waals surface area contributed by atoms with Gasteiger partial charge >= 0.3 is 5.97 Å². The highest BCUT2D eigenvalue weighted by Gasteiger charge is 2.30. The Labute approximate surface area is 112 Å². The summed E-state index contributed by atoms with van der Waals surface area (Å²) in [4.78, 5) is 24.5. The molecule has 3 N–H and O–H groups in total. The molecule has 1 heterocycles. The molecule has 1 fully saturated rings. The molecule has 1 aliphatic rings. The van der Waals surface area contributed by atoms with E-state index in [1.807, 2.05) is 35.2 Å². The number of carbonyl (C=O) groups excluding carboxylic acids is 1. The second-order valence-electron chi connectivity index (χ2n) is 4.95. The number of rotatable bonds is 5. The van der Waals surface area contributed by atoms with Gasteiger partial charge in [-0.05, 0) is 18.5 Å². The molecule has 0 saturated carbocycles. The average molecular weight is 262 g/mol. The molecular weight excluding hydrogens is 244 g/mol. The van der Waals surface area contributed by atoms with Crippen molar-refractivity contribution in [2.24, 2.45) is 11.7 Å². The maximum Gasteiger partial charge on any atom is 0.312 e. The van der Waals surface area contributed by atoms with Crippen molar-refractivity contribution in [1.82, 2.24) is 4.90 Å². The zero-order valence-electron chi connectivity index (χ0n) is 10.7. The fourth-order valence-corrected chi connectivity index (χ4v) is 2.50. The molecule has 5 heteroatoms. The van der Waals surface area contributed by atoms with E-state index in [1.54, 1.807) is 0 Å². The van der Waals surface area contributed by atoms with E-state index in [0.29, 0.717) is 13.1 Å². The van der Waals surface area contributed by atoms with E-state index >= 15 is 0 Å². The Kier molecular flexibility index (Phi) is 4.16. The molecule has 1 saturated heterocycles. The summed E-state index contributed by atoms with van der Waals surface area (Å²) in [5.74, 6) is -1.85. The number of hydrogen-bond donors (Lipinski definition) is 2. The highest BCUT2D eigenvalue weighted by atomic mass is 16.4. The lowest BCUT2D eigenvalue weighted by atomic mass is 9.99. The molecule has 5 nitrogen and oxygen atoms in total. The van der Waals surface area contributed by atoms with Crippen molar-refractivity contribution >= 4 is 11.9 Å². The van der Waals surface area contributed by atoms with Gasteiger partial charge in [0.2, 0.25) is 5.91 Å². The summed E-state index contributed by atoms with van der Waals surface area (Å²) in [6, 6.07) is 9.17. The number of amides is 1. The Hall–Kier alpha value is -1.88. The largest absolute Gasteiger partial charge is 0.481 e. The molecule has 1 aromatic carbocycles.